The fourth-order valence-corrected chi connectivity index (χ4v) is 3.56. The quantitative estimate of drug-likeness (QED) is 0.179. The molecule has 0 radical (unpaired) electrons. The molecule has 0 unspecified atom stereocenters. The topological polar surface area (TPSA) is 107 Å². The van der Waals surface area contributed by atoms with E-state index >= 15 is 0 Å². The Morgan fingerprint density at radius 1 is 0.639 bits per heavy atom. The molecule has 0 saturated heterocycles. The third kappa shape index (κ3) is 10.0. The average Bonchev–Trinajstić information content (AvgIpc) is 2.67. The van der Waals surface area contributed by atoms with Gasteiger partial charge >= 0.3 is 0 Å². The molecule has 0 aliphatic rings. The van der Waals surface area contributed by atoms with E-state index < -0.39 is 0 Å². The Bertz CT molecular complexity index is 1200. The number of benzene rings is 1. The maximum atomic E-state index is 11.4. The summed E-state index contributed by atoms with van der Waals surface area (Å²) >= 11 is 16.9. The number of aryl methyl sites for hydroxylation is 6. The Kier molecular flexibility index (Phi) is 13.5. The van der Waals surface area contributed by atoms with Crippen LogP contribution in [0.2, 0.25) is 15.7 Å². The van der Waals surface area contributed by atoms with Gasteiger partial charge in [0.25, 0.3) is 0 Å². The number of carbonyl (C=O) groups excluding carboxylic acids is 1. The van der Waals surface area contributed by atoms with E-state index in [0.717, 1.165) is 22.5 Å². The van der Waals surface area contributed by atoms with Gasteiger partial charge in [0.15, 0.2) is 10.9 Å². The number of rotatable bonds is 1. The summed E-state index contributed by atoms with van der Waals surface area (Å²) in [6.07, 6.45) is 0. The molecule has 8 nitrogen and oxygen atoms in total. The lowest BCUT2D eigenvalue weighted by atomic mass is 10.0. The van der Waals surface area contributed by atoms with Crippen molar-refractivity contribution in [3.8, 4) is 0 Å². The Hall–Kier alpha value is -2.81. The summed E-state index contributed by atoms with van der Waals surface area (Å²) in [5.41, 5.74) is 5.53. The maximum Gasteiger partial charge on any atom is 0.225 e. The first kappa shape index (κ1) is 33.2. The van der Waals surface area contributed by atoms with Gasteiger partial charge in [-0.15, -0.1) is 0 Å². The summed E-state index contributed by atoms with van der Waals surface area (Å²) in [6.45, 7) is 12.6. The van der Waals surface area contributed by atoms with Gasteiger partial charge in [-0.1, -0.05) is 26.5 Å². The second kappa shape index (κ2) is 14.7. The van der Waals surface area contributed by atoms with Gasteiger partial charge in [0, 0.05) is 17.0 Å². The minimum absolute atomic E-state index is 0. The summed E-state index contributed by atoms with van der Waals surface area (Å²) < 4.78 is 0. The lowest BCUT2D eigenvalue weighted by Crippen LogP contribution is -1.98. The van der Waals surface area contributed by atoms with Crippen molar-refractivity contribution in [1.82, 2.24) is 34.9 Å². The first-order chi connectivity index (χ1) is 15.8. The van der Waals surface area contributed by atoms with E-state index in [4.69, 9.17) is 34.8 Å². The Morgan fingerprint density at radius 2 is 1.11 bits per heavy atom. The van der Waals surface area contributed by atoms with Crippen LogP contribution in [0.15, 0.2) is 18.2 Å². The van der Waals surface area contributed by atoms with Crippen molar-refractivity contribution < 1.29 is 4.79 Å². The molecule has 11 heteroatoms. The highest BCUT2D eigenvalue weighted by Crippen LogP contribution is 2.20. The standard InChI is InChI=1S/C12H11ClN2O.C6H7ClN2.C5H6ClN3.2CH4/c1-6-4-10-11(5-9(6)8(3)16)15-12(13)7(2)14-10;1-4-3-5(2)9-6(7)8-4;1-3-7-4(2)9-5(6)8-3;;/h4-5H,1-3H3;3H,1-2H3;1-2H3;2*1H4. The molecule has 3 aromatic heterocycles. The highest BCUT2D eigenvalue weighted by Gasteiger charge is 2.09. The highest BCUT2D eigenvalue weighted by molar-refractivity contribution is 6.30. The lowest BCUT2D eigenvalue weighted by Gasteiger charge is -2.05. The van der Waals surface area contributed by atoms with E-state index in [1.807, 2.05) is 39.8 Å². The van der Waals surface area contributed by atoms with Gasteiger partial charge in [-0.05, 0) is 95.4 Å². The molecular formula is C25H32Cl3N7O. The Morgan fingerprint density at radius 3 is 1.56 bits per heavy atom. The molecule has 0 saturated carbocycles. The van der Waals surface area contributed by atoms with Crippen molar-refractivity contribution >= 4 is 51.6 Å². The summed E-state index contributed by atoms with van der Waals surface area (Å²) in [5, 5.41) is 0.971. The van der Waals surface area contributed by atoms with Crippen LogP contribution >= 0.6 is 34.8 Å². The summed E-state index contributed by atoms with van der Waals surface area (Å²) in [5.74, 6) is 1.35. The fourth-order valence-electron chi connectivity index (χ4n) is 2.91. The molecular weight excluding hydrogens is 521 g/mol. The smallest absolute Gasteiger partial charge is 0.225 e. The molecule has 0 aliphatic carbocycles. The van der Waals surface area contributed by atoms with Crippen LogP contribution < -0.4 is 0 Å². The van der Waals surface area contributed by atoms with Crippen LogP contribution in [-0.4, -0.2) is 40.7 Å². The molecule has 194 valence electrons. The van der Waals surface area contributed by atoms with Crippen molar-refractivity contribution in [2.75, 3.05) is 0 Å². The molecule has 36 heavy (non-hydrogen) atoms. The van der Waals surface area contributed by atoms with Crippen molar-refractivity contribution in [3.63, 3.8) is 0 Å². The molecule has 0 spiro atoms. The molecule has 1 aromatic carbocycles. The zero-order valence-electron chi connectivity index (χ0n) is 19.9. The number of nitrogens with zero attached hydrogens (tertiary/aromatic N) is 7. The van der Waals surface area contributed by atoms with Crippen LogP contribution in [0.4, 0.5) is 0 Å². The Balaban J connectivity index is 0.000000531. The molecule has 0 bridgehead atoms. The van der Waals surface area contributed by atoms with Crippen LogP contribution in [0.3, 0.4) is 0 Å². The zero-order chi connectivity index (χ0) is 25.6. The predicted molar refractivity (Wildman–Crippen MR) is 148 cm³/mol. The van der Waals surface area contributed by atoms with Gasteiger partial charge in [-0.3, -0.25) is 4.79 Å². The van der Waals surface area contributed by atoms with E-state index in [-0.39, 0.29) is 25.9 Å². The van der Waals surface area contributed by atoms with Crippen LogP contribution in [0, 0.1) is 41.5 Å². The first-order valence-corrected chi connectivity index (χ1v) is 11.3. The molecule has 4 aromatic rings. The van der Waals surface area contributed by atoms with Crippen LogP contribution in [-0.2, 0) is 0 Å². The Labute approximate surface area is 228 Å². The number of halogens is 3. The summed E-state index contributed by atoms with van der Waals surface area (Å²) in [7, 11) is 0. The molecule has 0 N–H and O–H groups in total. The van der Waals surface area contributed by atoms with Crippen LogP contribution in [0.25, 0.3) is 11.0 Å². The average molecular weight is 553 g/mol. The van der Waals surface area contributed by atoms with Crippen LogP contribution in [0.5, 0.6) is 0 Å². The normalized spacial score (nSPS) is 9.61. The predicted octanol–water partition coefficient (Wildman–Crippen LogP) is 7.26. The summed E-state index contributed by atoms with van der Waals surface area (Å²) in [4.78, 5) is 39.2. The first-order valence-electron chi connectivity index (χ1n) is 10.1. The number of Topliss-reactive ketones (excluding diaryl/α,β-unsaturated/α-hetero) is 1. The van der Waals surface area contributed by atoms with Crippen molar-refractivity contribution in [3.05, 3.63) is 73.8 Å². The number of aromatic nitrogens is 7. The minimum atomic E-state index is 0. The number of hydrogen-bond acceptors (Lipinski definition) is 8. The number of fused-ring (bicyclic) bond motifs is 1. The highest BCUT2D eigenvalue weighted by atomic mass is 35.5. The SMILES string of the molecule is C.C.CC(=O)c1cc2nc(Cl)c(C)nc2cc1C.Cc1cc(C)nc(Cl)n1.Cc1nc(C)nc(Cl)n1. The number of hydrogen-bond donors (Lipinski definition) is 0. The summed E-state index contributed by atoms with van der Waals surface area (Å²) in [6, 6.07) is 5.49. The van der Waals surface area contributed by atoms with E-state index in [1.165, 1.54) is 6.92 Å². The zero-order valence-corrected chi connectivity index (χ0v) is 22.2. The third-order valence-electron chi connectivity index (χ3n) is 4.29. The van der Waals surface area contributed by atoms with Crippen molar-refractivity contribution in [2.24, 2.45) is 0 Å². The molecule has 4 rings (SSSR count). The third-order valence-corrected chi connectivity index (χ3v) is 4.99. The second-order valence-corrected chi connectivity index (χ2v) is 8.46. The second-order valence-electron chi connectivity index (χ2n) is 7.43. The van der Waals surface area contributed by atoms with Gasteiger partial charge in [0.2, 0.25) is 10.6 Å². The minimum Gasteiger partial charge on any atom is -0.294 e. The molecule has 0 amide bonds. The lowest BCUT2D eigenvalue weighted by molar-refractivity contribution is 0.101. The molecule has 0 aliphatic heterocycles. The molecule has 3 heterocycles. The van der Waals surface area contributed by atoms with Crippen LogP contribution in [0.1, 0.15) is 66.4 Å². The van der Waals surface area contributed by atoms with Gasteiger partial charge in [0.05, 0.1) is 16.7 Å². The van der Waals surface area contributed by atoms with Gasteiger partial charge in [0.1, 0.15) is 11.6 Å². The van der Waals surface area contributed by atoms with E-state index in [1.54, 1.807) is 19.9 Å². The maximum absolute atomic E-state index is 11.4. The van der Waals surface area contributed by atoms with Crippen molar-refractivity contribution in [1.29, 1.82) is 0 Å². The number of carbonyl (C=O) groups is 1. The molecule has 0 atom stereocenters. The largest absolute Gasteiger partial charge is 0.294 e. The number of ketones is 1. The monoisotopic (exact) mass is 551 g/mol. The van der Waals surface area contributed by atoms with Gasteiger partial charge in [-0.25, -0.2) is 34.9 Å². The fraction of sp³-hybridized carbons (Fsp3) is 0.360. The van der Waals surface area contributed by atoms with E-state index in [0.29, 0.717) is 38.9 Å². The molecule has 0 fully saturated rings. The van der Waals surface area contributed by atoms with E-state index in [2.05, 4.69) is 34.9 Å². The van der Waals surface area contributed by atoms with Crippen molar-refractivity contribution in [2.45, 2.75) is 63.3 Å². The van der Waals surface area contributed by atoms with Gasteiger partial charge < -0.3 is 0 Å². The van der Waals surface area contributed by atoms with Gasteiger partial charge in [-0.2, -0.15) is 0 Å². The van der Waals surface area contributed by atoms with E-state index in [9.17, 15) is 4.79 Å².